The second-order valence-electron chi connectivity index (χ2n) is 12.4. The number of hydrogen-bond acceptors (Lipinski definition) is 7. The molecule has 0 radical (unpaired) electrons. The molecule has 2 aliphatic carbocycles. The number of nitrogens with zero attached hydrogens (tertiary/aromatic N) is 2. The van der Waals surface area contributed by atoms with Crippen LogP contribution in [0.2, 0.25) is 0 Å². The van der Waals surface area contributed by atoms with Crippen molar-refractivity contribution in [3.63, 3.8) is 0 Å². The summed E-state index contributed by atoms with van der Waals surface area (Å²) in [5, 5.41) is 11.8. The lowest BCUT2D eigenvalue weighted by Gasteiger charge is -2.49. The number of ether oxygens (including phenoxy) is 1. The van der Waals surface area contributed by atoms with Crippen LogP contribution >= 0.6 is 34.5 Å². The van der Waals surface area contributed by atoms with Crippen molar-refractivity contribution in [2.45, 2.75) is 29.1 Å². The van der Waals surface area contributed by atoms with Gasteiger partial charge in [0.15, 0.2) is 44.5 Å². The normalized spacial score (nSPS) is 29.1. The average Bonchev–Trinajstić information content (AvgIpc) is 3.74. The first-order valence-electron chi connectivity index (χ1n) is 15.1. The predicted molar refractivity (Wildman–Crippen MR) is 171 cm³/mol. The van der Waals surface area contributed by atoms with Crippen LogP contribution in [0.4, 0.5) is 27.6 Å². The fourth-order valence-corrected chi connectivity index (χ4v) is 9.18. The first kappa shape index (κ1) is 34.2. The second kappa shape index (κ2) is 11.9. The van der Waals surface area contributed by atoms with Crippen LogP contribution in [0.1, 0.15) is 23.3 Å². The molecule has 4 aliphatic rings. The molecular weight excluding hydrogens is 730 g/mol. The van der Waals surface area contributed by atoms with Gasteiger partial charge in [-0.25, -0.2) is 26.9 Å². The number of imide groups is 2. The Bertz CT molecular complexity index is 2050. The monoisotopic (exact) mass is 752 g/mol. The van der Waals surface area contributed by atoms with E-state index in [1.165, 1.54) is 48.8 Å². The van der Waals surface area contributed by atoms with Gasteiger partial charge in [-0.05, 0) is 47.9 Å². The first-order chi connectivity index (χ1) is 23.7. The summed E-state index contributed by atoms with van der Waals surface area (Å²) in [7, 11) is 1.31. The van der Waals surface area contributed by atoms with Crippen LogP contribution in [0.3, 0.4) is 0 Å². The Morgan fingerprint density at radius 2 is 1.64 bits per heavy atom. The first-order valence-corrected chi connectivity index (χ1v) is 16.7. The highest BCUT2D eigenvalue weighted by Gasteiger charge is 2.76. The number of phenols is 1. The summed E-state index contributed by atoms with van der Waals surface area (Å²) in [4.78, 5) is 52.4. The molecule has 3 aromatic rings. The van der Waals surface area contributed by atoms with Gasteiger partial charge in [0.2, 0.25) is 17.6 Å². The Hall–Kier alpha value is -4.27. The third-order valence-electron chi connectivity index (χ3n) is 9.95. The van der Waals surface area contributed by atoms with Gasteiger partial charge < -0.3 is 9.84 Å². The quantitative estimate of drug-likeness (QED) is 0.0774. The maximum atomic E-state index is 15.2. The minimum absolute atomic E-state index is 0.00664. The molecule has 7 rings (SSSR count). The van der Waals surface area contributed by atoms with E-state index in [-0.39, 0.29) is 29.4 Å². The molecule has 1 saturated carbocycles. The Morgan fingerprint density at radius 3 is 2.28 bits per heavy atom. The van der Waals surface area contributed by atoms with E-state index in [9.17, 15) is 37.5 Å². The van der Waals surface area contributed by atoms with Crippen LogP contribution in [0.5, 0.6) is 11.5 Å². The summed E-state index contributed by atoms with van der Waals surface area (Å²) < 4.78 is 78.3. The van der Waals surface area contributed by atoms with Crippen LogP contribution in [-0.4, -0.2) is 50.5 Å². The molecule has 6 atom stereocenters. The fourth-order valence-electron chi connectivity index (χ4n) is 7.60. The Kier molecular flexibility index (Phi) is 8.15. The zero-order valence-electron chi connectivity index (χ0n) is 25.6. The standard InChI is InChI=1S/C34H23Cl2F5N2O6S/c1-49-21-11-14(5-9-20(21)44)4-8-19-16-6-7-17-22(30(46)42(29(17)45)13-15-3-2-10-50-15)18(16)12-33(35)31(47)43(32(48)34(19,33)36)28-26(40)24(38)23(37)25(39)27(28)41/h2-6,8-11,17-19,22,44H,7,12-13H2,1H3/t17-,18+,19-,22-,33+,34-/m0/s1. The van der Waals surface area contributed by atoms with Gasteiger partial charge in [-0.2, -0.15) is 0 Å². The number of anilines is 1. The van der Waals surface area contributed by atoms with Crippen molar-refractivity contribution >= 4 is 69.9 Å². The highest BCUT2D eigenvalue weighted by molar-refractivity contribution is 7.09. The maximum absolute atomic E-state index is 15.2. The number of allylic oxidation sites excluding steroid dienone is 3. The molecule has 2 saturated heterocycles. The number of thiophene rings is 1. The van der Waals surface area contributed by atoms with Crippen molar-refractivity contribution in [2.24, 2.45) is 23.7 Å². The minimum Gasteiger partial charge on any atom is -0.504 e. The topological polar surface area (TPSA) is 104 Å². The van der Waals surface area contributed by atoms with E-state index in [2.05, 4.69) is 0 Å². The van der Waals surface area contributed by atoms with Gasteiger partial charge in [0.05, 0.1) is 25.5 Å². The number of likely N-dealkylation sites (tertiary alicyclic amines) is 1. The van der Waals surface area contributed by atoms with Crippen molar-refractivity contribution in [1.82, 2.24) is 4.90 Å². The van der Waals surface area contributed by atoms with Crippen molar-refractivity contribution < 1.29 is 51.0 Å². The molecule has 2 aliphatic heterocycles. The van der Waals surface area contributed by atoms with E-state index in [4.69, 9.17) is 27.9 Å². The molecule has 16 heteroatoms. The maximum Gasteiger partial charge on any atom is 0.258 e. The SMILES string of the molecule is COc1cc(C=C[C@H]2C3=CC[C@@H]4C(=O)N(Cc5cccs5)C(=O)[C@@H]4[C@@H]3C[C@@]3(Cl)C(=O)N(c4c(F)c(F)c(F)c(F)c4F)C(=O)[C@@]23Cl)ccc1O. The third kappa shape index (κ3) is 4.60. The number of benzene rings is 2. The van der Waals surface area contributed by atoms with E-state index in [0.29, 0.717) is 11.1 Å². The predicted octanol–water partition coefficient (Wildman–Crippen LogP) is 6.47. The number of aromatic hydroxyl groups is 1. The van der Waals surface area contributed by atoms with Crippen LogP contribution in [0.15, 0.2) is 53.4 Å². The summed E-state index contributed by atoms with van der Waals surface area (Å²) in [6.45, 7) is -0.00664. The van der Waals surface area contributed by atoms with Crippen molar-refractivity contribution in [3.8, 4) is 11.5 Å². The van der Waals surface area contributed by atoms with Crippen molar-refractivity contribution in [2.75, 3.05) is 12.0 Å². The number of carbonyl (C=O) groups excluding carboxylic acids is 4. The van der Waals surface area contributed by atoms with E-state index >= 15 is 8.78 Å². The van der Waals surface area contributed by atoms with Gasteiger partial charge in [0.1, 0.15) is 5.69 Å². The van der Waals surface area contributed by atoms with Crippen LogP contribution in [0, 0.1) is 52.8 Å². The third-order valence-corrected chi connectivity index (χ3v) is 12.2. The Morgan fingerprint density at radius 1 is 0.960 bits per heavy atom. The minimum atomic E-state index is -2.62. The smallest absolute Gasteiger partial charge is 0.258 e. The van der Waals surface area contributed by atoms with E-state index in [0.717, 1.165) is 9.78 Å². The van der Waals surface area contributed by atoms with Gasteiger partial charge >= 0.3 is 0 Å². The van der Waals surface area contributed by atoms with Gasteiger partial charge in [-0.3, -0.25) is 24.1 Å². The number of amides is 4. The molecule has 2 aromatic carbocycles. The summed E-state index contributed by atoms with van der Waals surface area (Å²) in [5.74, 6) is -20.9. The van der Waals surface area contributed by atoms with Crippen molar-refractivity contribution in [1.29, 1.82) is 0 Å². The number of halogens is 7. The van der Waals surface area contributed by atoms with Gasteiger partial charge in [0.25, 0.3) is 11.8 Å². The van der Waals surface area contributed by atoms with Crippen LogP contribution in [0.25, 0.3) is 6.08 Å². The lowest BCUT2D eigenvalue weighted by molar-refractivity contribution is -0.141. The largest absolute Gasteiger partial charge is 0.504 e. The number of carbonyl (C=O) groups is 4. The number of hydrogen-bond donors (Lipinski definition) is 1. The fraction of sp³-hybridized carbons (Fsp3) is 0.294. The zero-order valence-corrected chi connectivity index (χ0v) is 27.9. The lowest BCUT2D eigenvalue weighted by Crippen LogP contribution is -2.60. The molecule has 0 spiro atoms. The summed E-state index contributed by atoms with van der Waals surface area (Å²) in [5.41, 5.74) is -1.14. The molecule has 0 bridgehead atoms. The second-order valence-corrected chi connectivity index (χ2v) is 14.6. The molecular formula is C34H23Cl2F5N2O6S. The molecule has 1 N–H and O–H groups in total. The van der Waals surface area contributed by atoms with E-state index in [1.807, 2.05) is 0 Å². The average molecular weight is 754 g/mol. The Labute approximate surface area is 294 Å². The summed E-state index contributed by atoms with van der Waals surface area (Å²) >= 11 is 15.5. The molecule has 1 aromatic heterocycles. The molecule has 4 amide bonds. The number of rotatable bonds is 6. The molecule has 3 fully saturated rings. The van der Waals surface area contributed by atoms with Crippen LogP contribution in [-0.2, 0) is 25.7 Å². The van der Waals surface area contributed by atoms with Crippen molar-refractivity contribution in [3.05, 3.63) is 93.0 Å². The molecule has 8 nitrogen and oxygen atoms in total. The molecule has 3 heterocycles. The van der Waals surface area contributed by atoms with E-state index < -0.39 is 98.2 Å². The molecule has 0 unspecified atom stereocenters. The van der Waals surface area contributed by atoms with Gasteiger partial charge in [0, 0.05) is 10.8 Å². The van der Waals surface area contributed by atoms with Gasteiger partial charge in [-0.1, -0.05) is 35.9 Å². The van der Waals surface area contributed by atoms with Gasteiger partial charge in [-0.15, -0.1) is 34.5 Å². The highest BCUT2D eigenvalue weighted by atomic mass is 35.5. The summed E-state index contributed by atoms with van der Waals surface area (Å²) in [6, 6.07) is 7.73. The van der Waals surface area contributed by atoms with E-state index in [1.54, 1.807) is 23.6 Å². The summed E-state index contributed by atoms with van der Waals surface area (Å²) in [6.07, 6.45) is 3.85. The number of phenolic OH excluding ortho intramolecular Hbond substituents is 1. The molecule has 50 heavy (non-hydrogen) atoms. The lowest BCUT2D eigenvalue weighted by atomic mass is 9.57. The Balaban J connectivity index is 1.38. The number of alkyl halides is 2. The highest BCUT2D eigenvalue weighted by Crippen LogP contribution is 2.64. The zero-order chi connectivity index (χ0) is 36.0. The number of methoxy groups -OCH3 is 1. The van der Waals surface area contributed by atoms with Crippen LogP contribution < -0.4 is 9.64 Å². The molecule has 260 valence electrons. The number of fused-ring (bicyclic) bond motifs is 4.